The fraction of sp³-hybridized carbons (Fsp3) is 0.667. The maximum atomic E-state index is 12.0. The number of methoxy groups -OCH3 is 1. The molecule has 0 spiro atoms. The Morgan fingerprint density at radius 2 is 2.00 bits per heavy atom. The van der Waals surface area contributed by atoms with Gasteiger partial charge in [-0.3, -0.25) is 4.90 Å². The van der Waals surface area contributed by atoms with Crippen molar-refractivity contribution in [1.82, 2.24) is 9.80 Å². The number of hydrogen-bond acceptors (Lipinski definition) is 6. The summed E-state index contributed by atoms with van der Waals surface area (Å²) in [5, 5.41) is 12.0. The van der Waals surface area contributed by atoms with E-state index in [0.717, 1.165) is 49.1 Å². The number of fused-ring (bicyclic) bond motifs is 2. The first-order valence-electron chi connectivity index (χ1n) is 12.7. The van der Waals surface area contributed by atoms with Crippen LogP contribution < -0.4 is 5.63 Å². The van der Waals surface area contributed by atoms with Crippen molar-refractivity contribution in [3.63, 3.8) is 0 Å². The van der Waals surface area contributed by atoms with Crippen molar-refractivity contribution >= 4 is 11.0 Å². The SMILES string of the molecule is CCc1cc(=O)oc2c(C)c(O)c(CN(CCCOC)C[C@@H]3CCCN4CCCC[C@H]34)cc12. The third-order valence-corrected chi connectivity index (χ3v) is 7.72. The van der Waals surface area contributed by atoms with Gasteiger partial charge >= 0.3 is 5.63 Å². The van der Waals surface area contributed by atoms with Gasteiger partial charge in [0.2, 0.25) is 0 Å². The summed E-state index contributed by atoms with van der Waals surface area (Å²) in [5.41, 5.74) is 2.70. The van der Waals surface area contributed by atoms with Crippen LogP contribution in [0.2, 0.25) is 0 Å². The van der Waals surface area contributed by atoms with Gasteiger partial charge in [0, 0.05) is 62.0 Å². The molecule has 6 heteroatoms. The maximum absolute atomic E-state index is 12.0. The summed E-state index contributed by atoms with van der Waals surface area (Å²) in [7, 11) is 1.75. The van der Waals surface area contributed by atoms with Crippen LogP contribution in [0.1, 0.15) is 62.1 Å². The molecule has 1 aromatic carbocycles. The number of ether oxygens (including phenoxy) is 1. The highest BCUT2D eigenvalue weighted by Crippen LogP contribution is 2.35. The number of phenolic OH excluding ortho intramolecular Hbond substituents is 1. The van der Waals surface area contributed by atoms with E-state index in [9.17, 15) is 9.90 Å². The van der Waals surface area contributed by atoms with Crippen molar-refractivity contribution < 1.29 is 14.3 Å². The van der Waals surface area contributed by atoms with Gasteiger partial charge in [0.05, 0.1) is 0 Å². The topological polar surface area (TPSA) is 66.1 Å². The summed E-state index contributed by atoms with van der Waals surface area (Å²) in [6.45, 7) is 9.82. The van der Waals surface area contributed by atoms with Crippen molar-refractivity contribution in [3.05, 3.63) is 39.2 Å². The molecule has 0 unspecified atom stereocenters. The van der Waals surface area contributed by atoms with Crippen molar-refractivity contribution in [1.29, 1.82) is 0 Å². The molecule has 0 radical (unpaired) electrons. The van der Waals surface area contributed by atoms with Crippen molar-refractivity contribution in [3.8, 4) is 5.75 Å². The van der Waals surface area contributed by atoms with Gasteiger partial charge in [-0.25, -0.2) is 4.79 Å². The molecule has 4 rings (SSSR count). The monoisotopic (exact) mass is 456 g/mol. The van der Waals surface area contributed by atoms with E-state index in [2.05, 4.69) is 9.80 Å². The molecule has 0 bridgehead atoms. The third-order valence-electron chi connectivity index (χ3n) is 7.72. The van der Waals surface area contributed by atoms with Crippen LogP contribution in [0.3, 0.4) is 0 Å². The molecule has 6 nitrogen and oxygen atoms in total. The Hall–Kier alpha value is -1.89. The van der Waals surface area contributed by atoms with Gasteiger partial charge in [0.25, 0.3) is 0 Å². The molecule has 3 heterocycles. The molecule has 2 aromatic rings. The van der Waals surface area contributed by atoms with Crippen molar-refractivity contribution in [2.24, 2.45) is 5.92 Å². The normalized spacial score (nSPS) is 21.6. The molecule has 1 N–H and O–H groups in total. The lowest BCUT2D eigenvalue weighted by Gasteiger charge is -2.45. The second kappa shape index (κ2) is 11.0. The Labute approximate surface area is 197 Å². The molecule has 0 aliphatic carbocycles. The quantitative estimate of drug-likeness (QED) is 0.444. The summed E-state index contributed by atoms with van der Waals surface area (Å²) < 4.78 is 10.8. The predicted octanol–water partition coefficient (Wildman–Crippen LogP) is 4.47. The standard InChI is InChI=1S/C27H40N2O4/c1-4-20-16-25(30)33-27-19(2)26(31)22(15-23(20)27)18-28(11-8-14-32-3)17-21-9-7-13-29-12-6-5-10-24(21)29/h15-16,21,24,31H,4-14,17-18H2,1-3H3/t21-,24+/m0/s1. The number of hydrogen-bond donors (Lipinski definition) is 1. The van der Waals surface area contributed by atoms with Gasteiger partial charge in [0.15, 0.2) is 0 Å². The van der Waals surface area contributed by atoms with Crippen LogP contribution in [0.4, 0.5) is 0 Å². The van der Waals surface area contributed by atoms with Crippen LogP contribution in [0.25, 0.3) is 11.0 Å². The van der Waals surface area contributed by atoms with Crippen molar-refractivity contribution in [2.75, 3.05) is 39.9 Å². The summed E-state index contributed by atoms with van der Waals surface area (Å²) >= 11 is 0. The zero-order chi connectivity index (χ0) is 23.4. The van der Waals surface area contributed by atoms with Crippen LogP contribution in [-0.4, -0.2) is 60.8 Å². The van der Waals surface area contributed by atoms with E-state index in [1.807, 2.05) is 19.9 Å². The number of rotatable bonds is 9. The van der Waals surface area contributed by atoms with Gasteiger partial charge < -0.3 is 19.2 Å². The second-order valence-corrected chi connectivity index (χ2v) is 9.91. The molecule has 2 aliphatic rings. The Bertz CT molecular complexity index is 1000. The van der Waals surface area contributed by atoms with E-state index < -0.39 is 0 Å². The van der Waals surface area contributed by atoms with Crippen LogP contribution >= 0.6 is 0 Å². The minimum absolute atomic E-state index is 0.249. The largest absolute Gasteiger partial charge is 0.507 e. The molecule has 2 aliphatic heterocycles. The number of piperidine rings is 2. The molecule has 0 saturated carbocycles. The minimum Gasteiger partial charge on any atom is -0.507 e. The van der Waals surface area contributed by atoms with Gasteiger partial charge in [-0.05, 0) is 76.1 Å². The molecule has 0 amide bonds. The average molecular weight is 457 g/mol. The molecular weight excluding hydrogens is 416 g/mol. The Morgan fingerprint density at radius 1 is 1.18 bits per heavy atom. The van der Waals surface area contributed by atoms with E-state index in [1.165, 1.54) is 45.2 Å². The van der Waals surface area contributed by atoms with Gasteiger partial charge in [-0.15, -0.1) is 0 Å². The first-order chi connectivity index (χ1) is 16.0. The first kappa shape index (κ1) is 24.2. The Balaban J connectivity index is 1.61. The Morgan fingerprint density at radius 3 is 2.79 bits per heavy atom. The molecule has 2 fully saturated rings. The third kappa shape index (κ3) is 5.44. The zero-order valence-electron chi connectivity index (χ0n) is 20.6. The lowest BCUT2D eigenvalue weighted by Crippen LogP contribution is -2.51. The van der Waals surface area contributed by atoms with Crippen LogP contribution in [0.15, 0.2) is 21.3 Å². The van der Waals surface area contributed by atoms with E-state index in [0.29, 0.717) is 29.7 Å². The second-order valence-electron chi connectivity index (χ2n) is 9.91. The predicted molar refractivity (Wildman–Crippen MR) is 132 cm³/mol. The average Bonchev–Trinajstić information content (AvgIpc) is 2.82. The highest BCUT2D eigenvalue weighted by Gasteiger charge is 2.34. The van der Waals surface area contributed by atoms with Gasteiger partial charge in [0.1, 0.15) is 11.3 Å². The lowest BCUT2D eigenvalue weighted by molar-refractivity contribution is 0.0372. The van der Waals surface area contributed by atoms with Crippen LogP contribution in [-0.2, 0) is 17.7 Å². The summed E-state index contributed by atoms with van der Waals surface area (Å²) in [5.74, 6) is 0.924. The summed E-state index contributed by atoms with van der Waals surface area (Å²) in [6.07, 6.45) is 8.29. The van der Waals surface area contributed by atoms with Crippen LogP contribution in [0, 0.1) is 12.8 Å². The van der Waals surface area contributed by atoms with E-state index >= 15 is 0 Å². The molecule has 182 valence electrons. The fourth-order valence-electron chi connectivity index (χ4n) is 6.02. The molecule has 1 aromatic heterocycles. The first-order valence-corrected chi connectivity index (χ1v) is 12.7. The van der Waals surface area contributed by atoms with E-state index in [4.69, 9.17) is 9.15 Å². The molecule has 2 atom stereocenters. The van der Waals surface area contributed by atoms with E-state index in [-0.39, 0.29) is 11.4 Å². The number of nitrogens with zero attached hydrogens (tertiary/aromatic N) is 2. The molecule has 33 heavy (non-hydrogen) atoms. The van der Waals surface area contributed by atoms with Crippen molar-refractivity contribution in [2.45, 2.75) is 71.4 Å². The van der Waals surface area contributed by atoms with Gasteiger partial charge in [-0.1, -0.05) is 13.3 Å². The number of phenols is 1. The van der Waals surface area contributed by atoms with Gasteiger partial charge in [-0.2, -0.15) is 0 Å². The molecule has 2 saturated heterocycles. The Kier molecular flexibility index (Phi) is 8.10. The zero-order valence-corrected chi connectivity index (χ0v) is 20.6. The summed E-state index contributed by atoms with van der Waals surface area (Å²) in [4.78, 5) is 17.2. The lowest BCUT2D eigenvalue weighted by atomic mass is 9.83. The minimum atomic E-state index is -0.356. The van der Waals surface area contributed by atoms with Crippen LogP contribution in [0.5, 0.6) is 5.75 Å². The number of aromatic hydroxyl groups is 1. The number of aryl methyl sites for hydroxylation is 2. The smallest absolute Gasteiger partial charge is 0.336 e. The fourth-order valence-corrected chi connectivity index (χ4v) is 6.02. The maximum Gasteiger partial charge on any atom is 0.336 e. The summed E-state index contributed by atoms with van der Waals surface area (Å²) in [6, 6.07) is 4.32. The highest BCUT2D eigenvalue weighted by atomic mass is 16.5. The molecular formula is C27H40N2O4. The van der Waals surface area contributed by atoms with E-state index in [1.54, 1.807) is 13.2 Å². The highest BCUT2D eigenvalue weighted by molar-refractivity contribution is 5.86. The number of benzene rings is 1.